The Balaban J connectivity index is 0.000000408. The molecule has 4 nitrogen and oxygen atoms in total. The van der Waals surface area contributed by atoms with E-state index in [0.717, 1.165) is 47.3 Å². The standard InChI is InChI=1S/C21H19O.C12H8O.2C7H7O.C7H7.U.V.W/c1-17-7-9-18(10-8-17)11-12-19-13-15-21(16-14-19)22-20-5-3-2-4-6-20;1-3-7-11(8-4-1)13-12-9-5-2-6-10-12;2*1-8-7-5-3-2-4-6-7;1-7-5-3-2-4-6-7;;;/h3-10,13-16H,11-12H2,1H3;3-10H;2*3-6H,1H3;3-6H,1H3;;;/q-1;-2;3*-1;3*+2. The van der Waals surface area contributed by atoms with Gasteiger partial charge >= 0.3 is 70.7 Å². The molecule has 0 fully saturated rings. The van der Waals surface area contributed by atoms with Crippen molar-refractivity contribution < 1.29 is 89.7 Å². The van der Waals surface area contributed by atoms with Gasteiger partial charge in [-0.05, 0) is 43.0 Å². The Kier molecular flexibility index (Phi) is 30.2. The first kappa shape index (κ1) is 54.3. The van der Waals surface area contributed by atoms with Crippen molar-refractivity contribution in [2.24, 2.45) is 0 Å². The van der Waals surface area contributed by atoms with Crippen LogP contribution in [0.5, 0.6) is 34.5 Å². The number of hydrogen-bond donors (Lipinski definition) is 0. The molecule has 0 atom stereocenters. The molecule has 7 heteroatoms. The molecule has 1 radical (unpaired) electrons. The SMILES string of the molecule is COc1cc[c-]cc1.COc1cc[c-]cc1.Cc1cc[c-]cc1.Cc1ccc(CCc2ccc(Oc3cc[c-]cc3)cc2)cc1.[U+2].[V+2].[W+2].[c-]1ccc(Oc2cc[c-]cc2)cc1. The molecular formula is C54H48O4UVW. The second kappa shape index (κ2) is 33.9. The zero-order valence-electron chi connectivity index (χ0n) is 34.9. The summed E-state index contributed by atoms with van der Waals surface area (Å²) in [7, 11) is 3.30. The summed E-state index contributed by atoms with van der Waals surface area (Å²) in [6, 6.07) is 79.5. The van der Waals surface area contributed by atoms with Crippen molar-refractivity contribution in [1.82, 2.24) is 0 Å². The third-order valence-electron chi connectivity index (χ3n) is 8.01. The van der Waals surface area contributed by atoms with Crippen LogP contribution in [0.3, 0.4) is 0 Å². The first-order valence-corrected chi connectivity index (χ1v) is 18.8. The summed E-state index contributed by atoms with van der Waals surface area (Å²) in [5.74, 6) is 5.11. The minimum atomic E-state index is 0. The first-order chi connectivity index (χ1) is 28.5. The fraction of sp³-hybridized carbons (Fsp3) is 0.111. The fourth-order valence-electron chi connectivity index (χ4n) is 4.84. The maximum Gasteiger partial charge on any atom is 2.00 e. The predicted molar refractivity (Wildman–Crippen MR) is 235 cm³/mol. The monoisotopic (exact) mass is 1230 g/mol. The van der Waals surface area contributed by atoms with Gasteiger partial charge in [0.25, 0.3) is 0 Å². The summed E-state index contributed by atoms with van der Waals surface area (Å²) in [5, 5.41) is 0. The van der Waals surface area contributed by atoms with Crippen molar-refractivity contribution >= 4 is 0 Å². The van der Waals surface area contributed by atoms with Crippen LogP contribution in [0, 0.1) is 81.4 Å². The zero-order valence-corrected chi connectivity index (χ0v) is 43.4. The van der Waals surface area contributed by atoms with Gasteiger partial charge in [0.1, 0.15) is 5.75 Å². The summed E-state index contributed by atoms with van der Waals surface area (Å²) >= 11 is 0. The van der Waals surface area contributed by atoms with Gasteiger partial charge < -0.3 is 18.9 Å². The molecule has 303 valence electrons. The quantitative estimate of drug-likeness (QED) is 0.135. The molecular weight excluding hydrogens is 1190 g/mol. The van der Waals surface area contributed by atoms with Gasteiger partial charge in [-0.25, -0.2) is 0 Å². The number of methoxy groups -OCH3 is 2. The Hall–Kier alpha value is -4.72. The van der Waals surface area contributed by atoms with Crippen LogP contribution in [0.4, 0.5) is 0 Å². The number of aryl methyl sites for hydroxylation is 4. The minimum absolute atomic E-state index is 0. The van der Waals surface area contributed by atoms with Crippen LogP contribution in [-0.2, 0) is 52.5 Å². The van der Waals surface area contributed by atoms with Crippen molar-refractivity contribution in [2.75, 3.05) is 14.2 Å². The smallest absolute Gasteiger partial charge is 0.522 e. The van der Waals surface area contributed by atoms with E-state index < -0.39 is 0 Å². The van der Waals surface area contributed by atoms with E-state index >= 15 is 0 Å². The molecule has 0 unspecified atom stereocenters. The summed E-state index contributed by atoms with van der Waals surface area (Å²) in [4.78, 5) is 0. The average molecular weight is 1230 g/mol. The van der Waals surface area contributed by atoms with E-state index in [1.807, 2.05) is 158 Å². The Bertz CT molecular complexity index is 2110. The molecule has 0 aliphatic carbocycles. The Morgan fingerprint density at radius 3 is 0.803 bits per heavy atom. The fourth-order valence-corrected chi connectivity index (χ4v) is 4.84. The van der Waals surface area contributed by atoms with Crippen LogP contribution in [0.2, 0.25) is 0 Å². The summed E-state index contributed by atoms with van der Waals surface area (Å²) < 4.78 is 21.1. The van der Waals surface area contributed by atoms with Crippen molar-refractivity contribution in [2.45, 2.75) is 26.7 Å². The molecule has 0 amide bonds. The topological polar surface area (TPSA) is 36.9 Å². The zero-order chi connectivity index (χ0) is 40.9. The van der Waals surface area contributed by atoms with Gasteiger partial charge in [-0.2, -0.15) is 127 Å². The van der Waals surface area contributed by atoms with Crippen molar-refractivity contribution in [1.29, 1.82) is 0 Å². The Morgan fingerprint density at radius 2 is 0.557 bits per heavy atom. The van der Waals surface area contributed by atoms with E-state index in [9.17, 15) is 0 Å². The summed E-state index contributed by atoms with van der Waals surface area (Å²) in [6.07, 6.45) is 2.11. The largest absolute Gasteiger partial charge is 2.00 e. The number of ether oxygens (including phenoxy) is 4. The van der Waals surface area contributed by atoms with Crippen LogP contribution in [-0.4, -0.2) is 14.2 Å². The van der Waals surface area contributed by atoms with Crippen LogP contribution < -0.4 is 18.9 Å². The van der Waals surface area contributed by atoms with E-state index in [-0.39, 0.29) is 70.7 Å². The Morgan fingerprint density at radius 1 is 0.328 bits per heavy atom. The molecule has 0 aromatic heterocycles. The molecule has 8 aromatic rings. The van der Waals surface area contributed by atoms with Crippen LogP contribution in [0.15, 0.2) is 194 Å². The summed E-state index contributed by atoms with van der Waals surface area (Å²) in [5.41, 5.74) is 5.31. The third-order valence-corrected chi connectivity index (χ3v) is 8.01. The predicted octanol–water partition coefficient (Wildman–Crippen LogP) is 13.2. The van der Waals surface area contributed by atoms with Crippen molar-refractivity contribution in [3.8, 4) is 34.5 Å². The molecule has 0 bridgehead atoms. The van der Waals surface area contributed by atoms with Crippen LogP contribution >= 0.6 is 0 Å². The maximum absolute atomic E-state index is 5.79. The third kappa shape index (κ3) is 24.4. The van der Waals surface area contributed by atoms with Gasteiger partial charge in [0.2, 0.25) is 0 Å². The molecule has 0 spiro atoms. The van der Waals surface area contributed by atoms with Crippen molar-refractivity contribution in [3.05, 3.63) is 253 Å². The molecule has 0 saturated carbocycles. The number of benzene rings is 8. The minimum Gasteiger partial charge on any atom is -0.522 e. The molecule has 0 saturated heterocycles. The first-order valence-electron chi connectivity index (χ1n) is 18.8. The number of rotatable bonds is 9. The van der Waals surface area contributed by atoms with E-state index in [1.54, 1.807) is 14.2 Å². The molecule has 0 aliphatic rings. The van der Waals surface area contributed by atoms with E-state index in [4.69, 9.17) is 18.9 Å². The van der Waals surface area contributed by atoms with Gasteiger partial charge in [0, 0.05) is 28.7 Å². The van der Waals surface area contributed by atoms with Crippen LogP contribution in [0.1, 0.15) is 22.3 Å². The van der Waals surface area contributed by atoms with Crippen molar-refractivity contribution in [3.63, 3.8) is 0 Å². The van der Waals surface area contributed by atoms with E-state index in [1.165, 1.54) is 22.3 Å². The van der Waals surface area contributed by atoms with Gasteiger partial charge in [-0.1, -0.05) is 48.9 Å². The Labute approximate surface area is 414 Å². The second-order valence-electron chi connectivity index (χ2n) is 12.5. The molecule has 61 heavy (non-hydrogen) atoms. The molecule has 8 aromatic carbocycles. The van der Waals surface area contributed by atoms with E-state index in [2.05, 4.69) is 86.6 Å². The van der Waals surface area contributed by atoms with Crippen LogP contribution in [0.25, 0.3) is 0 Å². The number of hydrogen-bond acceptors (Lipinski definition) is 4. The molecule has 0 N–H and O–H groups in total. The van der Waals surface area contributed by atoms with Gasteiger partial charge in [0.15, 0.2) is 0 Å². The summed E-state index contributed by atoms with van der Waals surface area (Å²) in [6.45, 7) is 4.18. The molecule has 0 heterocycles. The van der Waals surface area contributed by atoms with E-state index in [0.29, 0.717) is 0 Å². The van der Waals surface area contributed by atoms with Gasteiger partial charge in [-0.3, -0.25) is 0 Å². The average Bonchev–Trinajstić information content (AvgIpc) is 3.29. The van der Waals surface area contributed by atoms with Gasteiger partial charge in [-0.15, -0.1) is 60.7 Å². The van der Waals surface area contributed by atoms with Gasteiger partial charge in [0.05, 0.1) is 14.2 Å². The maximum atomic E-state index is 5.79. The molecule has 8 rings (SSSR count). The normalized spacial score (nSPS) is 9.05. The second-order valence-corrected chi connectivity index (χ2v) is 12.5. The molecule has 0 aliphatic heterocycles.